The molecule has 0 bridgehead atoms. The maximum absolute atomic E-state index is 11.1. The Labute approximate surface area is 86.2 Å². The highest BCUT2D eigenvalue weighted by Gasteiger charge is 2.14. The molecule has 0 saturated carbocycles. The Morgan fingerprint density at radius 2 is 1.73 bits per heavy atom. The predicted molar refractivity (Wildman–Crippen MR) is 51.6 cm³/mol. The molecule has 1 rings (SSSR count). The molecule has 0 spiro atoms. The van der Waals surface area contributed by atoms with Gasteiger partial charge in [-0.15, -0.1) is 0 Å². The zero-order chi connectivity index (χ0) is 11.4. The third kappa shape index (κ3) is 2.07. The van der Waals surface area contributed by atoms with E-state index in [2.05, 4.69) is 0 Å². The van der Waals surface area contributed by atoms with Crippen molar-refractivity contribution in [3.63, 3.8) is 0 Å². The van der Waals surface area contributed by atoms with Crippen molar-refractivity contribution in [3.05, 3.63) is 17.7 Å². The Kier molecular flexibility index (Phi) is 3.28. The van der Waals surface area contributed by atoms with Crippen molar-refractivity contribution >= 4 is 12.1 Å². The summed E-state index contributed by atoms with van der Waals surface area (Å²) in [5, 5.41) is 9.52. The van der Waals surface area contributed by atoms with Crippen LogP contribution in [0.1, 0.15) is 10.4 Å². The number of phenolic OH excluding ortho intramolecular Hbond substituents is 1. The zero-order valence-electron chi connectivity index (χ0n) is 8.31. The van der Waals surface area contributed by atoms with E-state index < -0.39 is 5.78 Å². The molecule has 0 radical (unpaired) electrons. The fourth-order valence-electron chi connectivity index (χ4n) is 1.10. The predicted octanol–water partition coefficient (Wildman–Crippen LogP) is 0.791. The molecule has 5 nitrogen and oxygen atoms in total. The maximum atomic E-state index is 11.1. The first-order valence-electron chi connectivity index (χ1n) is 4.08. The number of benzene rings is 1. The molecule has 0 atom stereocenters. The van der Waals surface area contributed by atoms with E-state index in [0.717, 1.165) is 0 Å². The van der Waals surface area contributed by atoms with Crippen molar-refractivity contribution < 1.29 is 24.2 Å². The van der Waals surface area contributed by atoms with Crippen LogP contribution < -0.4 is 9.47 Å². The van der Waals surface area contributed by atoms with Crippen molar-refractivity contribution in [2.75, 3.05) is 14.2 Å². The molecule has 5 heteroatoms. The third-order valence-corrected chi connectivity index (χ3v) is 1.87. The van der Waals surface area contributed by atoms with Gasteiger partial charge in [-0.25, -0.2) is 0 Å². The summed E-state index contributed by atoms with van der Waals surface area (Å²) in [5.74, 6) is -0.742. The fourth-order valence-corrected chi connectivity index (χ4v) is 1.10. The number of ketones is 1. The summed E-state index contributed by atoms with van der Waals surface area (Å²) < 4.78 is 9.65. The molecule has 0 heterocycles. The van der Waals surface area contributed by atoms with Crippen LogP contribution in [-0.2, 0) is 4.79 Å². The second-order valence-electron chi connectivity index (χ2n) is 2.71. The first-order chi connectivity index (χ1) is 7.13. The number of aldehydes is 1. The lowest BCUT2D eigenvalue weighted by Gasteiger charge is -2.09. The fraction of sp³-hybridized carbons (Fsp3) is 0.200. The van der Waals surface area contributed by atoms with E-state index in [1.807, 2.05) is 0 Å². The number of carbonyl (C=O) groups is 2. The van der Waals surface area contributed by atoms with E-state index in [-0.39, 0.29) is 29.1 Å². The van der Waals surface area contributed by atoms with Gasteiger partial charge >= 0.3 is 0 Å². The highest BCUT2D eigenvalue weighted by molar-refractivity contribution is 6.33. The van der Waals surface area contributed by atoms with Gasteiger partial charge in [0.05, 0.1) is 14.2 Å². The molecule has 0 amide bonds. The van der Waals surface area contributed by atoms with E-state index in [1.165, 1.54) is 26.4 Å². The monoisotopic (exact) mass is 210 g/mol. The van der Waals surface area contributed by atoms with Gasteiger partial charge in [0.25, 0.3) is 0 Å². The molecule has 0 aliphatic carbocycles. The number of Topliss-reactive ketones (excluding diaryl/α,β-unsaturated/α-hetero) is 1. The molecule has 1 aromatic rings. The Bertz CT molecular complexity index is 372. The molecule has 15 heavy (non-hydrogen) atoms. The standard InChI is InChI=1S/C10H10O5/c1-14-8-3-6(7(12)5-11)4-9(15-2)10(8)13/h3-5,13H,1-2H3. The van der Waals surface area contributed by atoms with Crippen molar-refractivity contribution in [2.45, 2.75) is 0 Å². The van der Waals surface area contributed by atoms with Crippen LogP contribution in [0.2, 0.25) is 0 Å². The molecule has 0 aromatic heterocycles. The largest absolute Gasteiger partial charge is 0.502 e. The Balaban J connectivity index is 3.32. The van der Waals surface area contributed by atoms with Gasteiger partial charge in [-0.3, -0.25) is 9.59 Å². The molecule has 0 fully saturated rings. The summed E-state index contributed by atoms with van der Waals surface area (Å²) in [5.41, 5.74) is 0.108. The number of carbonyl (C=O) groups excluding carboxylic acids is 2. The highest BCUT2D eigenvalue weighted by Crippen LogP contribution is 2.36. The molecule has 1 N–H and O–H groups in total. The van der Waals surface area contributed by atoms with E-state index in [1.54, 1.807) is 0 Å². The van der Waals surface area contributed by atoms with Gasteiger partial charge in [-0.05, 0) is 12.1 Å². The Morgan fingerprint density at radius 3 is 2.07 bits per heavy atom. The zero-order valence-corrected chi connectivity index (χ0v) is 8.31. The maximum Gasteiger partial charge on any atom is 0.225 e. The van der Waals surface area contributed by atoms with Crippen LogP contribution in [0.5, 0.6) is 17.2 Å². The van der Waals surface area contributed by atoms with Crippen molar-refractivity contribution in [3.8, 4) is 17.2 Å². The minimum Gasteiger partial charge on any atom is -0.502 e. The summed E-state index contributed by atoms with van der Waals surface area (Å²) in [7, 11) is 2.67. The minimum absolute atomic E-state index is 0.0829. The normalized spacial score (nSPS) is 9.47. The average Bonchev–Trinajstić information content (AvgIpc) is 2.28. The molecule has 0 aliphatic rings. The van der Waals surface area contributed by atoms with Gasteiger partial charge in [-0.2, -0.15) is 0 Å². The quantitative estimate of drug-likeness (QED) is 0.452. The van der Waals surface area contributed by atoms with Crippen molar-refractivity contribution in [2.24, 2.45) is 0 Å². The molecule has 1 aromatic carbocycles. The molecule has 80 valence electrons. The van der Waals surface area contributed by atoms with Crippen molar-refractivity contribution in [1.29, 1.82) is 0 Å². The number of aromatic hydroxyl groups is 1. The van der Waals surface area contributed by atoms with Crippen LogP contribution in [0.4, 0.5) is 0 Å². The second kappa shape index (κ2) is 4.45. The van der Waals surface area contributed by atoms with E-state index in [9.17, 15) is 14.7 Å². The second-order valence-corrected chi connectivity index (χ2v) is 2.71. The molecule has 0 unspecified atom stereocenters. The number of rotatable bonds is 4. The van der Waals surface area contributed by atoms with E-state index in [0.29, 0.717) is 0 Å². The lowest BCUT2D eigenvalue weighted by molar-refractivity contribution is -0.104. The summed E-state index contributed by atoms with van der Waals surface area (Å²) in [6, 6.07) is 2.54. The van der Waals surface area contributed by atoms with Gasteiger partial charge in [-0.1, -0.05) is 0 Å². The van der Waals surface area contributed by atoms with Gasteiger partial charge < -0.3 is 14.6 Å². The first-order valence-corrected chi connectivity index (χ1v) is 4.08. The minimum atomic E-state index is -0.702. The van der Waals surface area contributed by atoms with Crippen molar-refractivity contribution in [1.82, 2.24) is 0 Å². The van der Waals surface area contributed by atoms with Crippen LogP contribution >= 0.6 is 0 Å². The van der Waals surface area contributed by atoms with Gasteiger partial charge in [0.1, 0.15) is 0 Å². The Morgan fingerprint density at radius 1 is 1.27 bits per heavy atom. The summed E-state index contributed by atoms with van der Waals surface area (Å²) >= 11 is 0. The lowest BCUT2D eigenvalue weighted by atomic mass is 10.1. The first kappa shape index (κ1) is 11.0. The van der Waals surface area contributed by atoms with Gasteiger partial charge in [0, 0.05) is 5.56 Å². The molecule has 0 saturated heterocycles. The van der Waals surface area contributed by atoms with Crippen LogP contribution in [-0.4, -0.2) is 31.4 Å². The summed E-state index contributed by atoms with van der Waals surface area (Å²) in [6.07, 6.45) is 0.186. The van der Waals surface area contributed by atoms with Gasteiger partial charge in [0.15, 0.2) is 17.8 Å². The number of methoxy groups -OCH3 is 2. The number of hydrogen-bond donors (Lipinski definition) is 1. The molecule has 0 aliphatic heterocycles. The van der Waals surface area contributed by atoms with Gasteiger partial charge in [0.2, 0.25) is 11.5 Å². The number of phenols is 1. The van der Waals surface area contributed by atoms with E-state index >= 15 is 0 Å². The average molecular weight is 210 g/mol. The number of ether oxygens (including phenoxy) is 2. The SMILES string of the molecule is COc1cc(C(=O)C=O)cc(OC)c1O. The van der Waals surface area contributed by atoms with Crippen LogP contribution in [0.3, 0.4) is 0 Å². The third-order valence-electron chi connectivity index (χ3n) is 1.87. The molecular formula is C10H10O5. The summed E-state index contributed by atoms with van der Waals surface area (Å²) in [4.78, 5) is 21.4. The summed E-state index contributed by atoms with van der Waals surface area (Å²) in [6.45, 7) is 0. The van der Waals surface area contributed by atoms with Crippen LogP contribution in [0, 0.1) is 0 Å². The smallest absolute Gasteiger partial charge is 0.225 e. The van der Waals surface area contributed by atoms with Crippen LogP contribution in [0.25, 0.3) is 0 Å². The highest BCUT2D eigenvalue weighted by atomic mass is 16.5. The molecular weight excluding hydrogens is 200 g/mol. The van der Waals surface area contributed by atoms with Crippen LogP contribution in [0.15, 0.2) is 12.1 Å². The topological polar surface area (TPSA) is 72.8 Å². The van der Waals surface area contributed by atoms with E-state index in [4.69, 9.17) is 9.47 Å². The number of hydrogen-bond acceptors (Lipinski definition) is 5. The Hall–Kier alpha value is -2.04. The lowest BCUT2D eigenvalue weighted by Crippen LogP contribution is -2.01.